The Morgan fingerprint density at radius 1 is 1.28 bits per heavy atom. The Morgan fingerprint density at radius 2 is 2.20 bits per heavy atom. The smallest absolute Gasteiger partial charge is 0.261 e. The van der Waals surface area contributed by atoms with E-state index in [0.29, 0.717) is 11.4 Å². The second-order valence-corrected chi connectivity index (χ2v) is 8.32. The Kier molecular flexibility index (Phi) is 3.40. The summed E-state index contributed by atoms with van der Waals surface area (Å²) in [4.78, 5) is 24.0. The third-order valence-electron chi connectivity index (χ3n) is 3.86. The number of halogens is 1. The first-order chi connectivity index (χ1) is 12.2. The second kappa shape index (κ2) is 5.65. The molecule has 0 unspecified atom stereocenters. The van der Waals surface area contributed by atoms with Crippen molar-refractivity contribution >= 4 is 65.5 Å². The quantitative estimate of drug-likeness (QED) is 0.470. The Hall–Kier alpha value is -2.23. The minimum atomic E-state index is -0.106. The first-order valence-electron chi connectivity index (χ1n) is 7.44. The van der Waals surface area contributed by atoms with Gasteiger partial charge in [-0.2, -0.15) is 0 Å². The van der Waals surface area contributed by atoms with E-state index in [4.69, 9.17) is 0 Å². The molecule has 5 rings (SSSR count). The maximum Gasteiger partial charge on any atom is 0.261 e. The van der Waals surface area contributed by atoms with Gasteiger partial charge in [-0.15, -0.1) is 22.7 Å². The number of rotatable bonds is 3. The lowest BCUT2D eigenvalue weighted by molar-refractivity contribution is 0.0954. The molecule has 0 aromatic carbocycles. The third kappa shape index (κ3) is 2.55. The number of nitrogens with one attached hydrogen (secondary N) is 1. The number of thiazole rings is 1. The number of carbonyl (C=O) groups is 1. The van der Waals surface area contributed by atoms with Gasteiger partial charge in [0.1, 0.15) is 10.5 Å². The lowest BCUT2D eigenvalue weighted by atomic mass is 10.4. The van der Waals surface area contributed by atoms with Gasteiger partial charge < -0.3 is 9.72 Å². The topological polar surface area (TPSA) is 63.7 Å². The summed E-state index contributed by atoms with van der Waals surface area (Å²) in [5, 5.41) is 4.92. The first kappa shape index (κ1) is 15.1. The Labute approximate surface area is 157 Å². The number of imidazole rings is 2. The van der Waals surface area contributed by atoms with Crippen molar-refractivity contribution in [2.45, 2.75) is 6.54 Å². The molecule has 1 N–H and O–H groups in total. The summed E-state index contributed by atoms with van der Waals surface area (Å²) >= 11 is 6.43. The molecule has 1 amide bonds. The van der Waals surface area contributed by atoms with Gasteiger partial charge in [-0.25, -0.2) is 9.97 Å². The van der Waals surface area contributed by atoms with Crippen LogP contribution in [0.5, 0.6) is 0 Å². The lowest BCUT2D eigenvalue weighted by Gasteiger charge is -1.99. The fourth-order valence-electron chi connectivity index (χ4n) is 2.72. The van der Waals surface area contributed by atoms with Gasteiger partial charge in [0.05, 0.1) is 22.6 Å². The van der Waals surface area contributed by atoms with Gasteiger partial charge in [0, 0.05) is 28.4 Å². The standard InChI is InChI=1S/C16H10BrN5OS2/c17-9-1-2-13-19-10(8-21(13)7-9)6-18-14(23)12-5-11-15(25-12)20-16-22(11)3-4-24-16/h1-5,7-8H,6H2,(H,18,23). The Morgan fingerprint density at radius 3 is 3.12 bits per heavy atom. The predicted octanol–water partition coefficient (Wildman–Crippen LogP) is 3.95. The van der Waals surface area contributed by atoms with Gasteiger partial charge in [-0.3, -0.25) is 9.20 Å². The van der Waals surface area contributed by atoms with Crippen LogP contribution < -0.4 is 5.32 Å². The number of amides is 1. The van der Waals surface area contributed by atoms with Crippen molar-refractivity contribution in [3.63, 3.8) is 0 Å². The molecule has 25 heavy (non-hydrogen) atoms. The summed E-state index contributed by atoms with van der Waals surface area (Å²) in [6.45, 7) is 0.384. The molecular weight excluding hydrogens is 422 g/mol. The summed E-state index contributed by atoms with van der Waals surface area (Å²) in [5.74, 6) is -0.106. The average Bonchev–Trinajstić information content (AvgIpc) is 3.31. The van der Waals surface area contributed by atoms with E-state index in [0.717, 1.165) is 31.1 Å². The molecule has 6 nitrogen and oxygen atoms in total. The number of hydrogen-bond acceptors (Lipinski definition) is 5. The van der Waals surface area contributed by atoms with Crippen LogP contribution in [-0.2, 0) is 6.54 Å². The molecule has 0 fully saturated rings. The summed E-state index contributed by atoms with van der Waals surface area (Å²) in [7, 11) is 0. The summed E-state index contributed by atoms with van der Waals surface area (Å²) in [6, 6.07) is 5.76. The van der Waals surface area contributed by atoms with Crippen LogP contribution in [0.2, 0.25) is 0 Å². The van der Waals surface area contributed by atoms with Gasteiger partial charge in [0.25, 0.3) is 5.91 Å². The maximum absolute atomic E-state index is 12.5. The van der Waals surface area contributed by atoms with E-state index in [1.165, 1.54) is 11.3 Å². The summed E-state index contributed by atoms with van der Waals surface area (Å²) in [5.41, 5.74) is 2.64. The minimum absolute atomic E-state index is 0.106. The van der Waals surface area contributed by atoms with Crippen LogP contribution in [0.3, 0.4) is 0 Å². The minimum Gasteiger partial charge on any atom is -0.346 e. The van der Waals surface area contributed by atoms with Crippen molar-refractivity contribution in [2.75, 3.05) is 0 Å². The van der Waals surface area contributed by atoms with Gasteiger partial charge in [0.2, 0.25) is 0 Å². The van der Waals surface area contributed by atoms with E-state index in [1.807, 2.05) is 51.0 Å². The van der Waals surface area contributed by atoms with Crippen molar-refractivity contribution in [3.05, 3.63) is 57.2 Å². The maximum atomic E-state index is 12.5. The van der Waals surface area contributed by atoms with Gasteiger partial charge in [-0.1, -0.05) is 0 Å². The van der Waals surface area contributed by atoms with E-state index in [-0.39, 0.29) is 5.91 Å². The monoisotopic (exact) mass is 431 g/mol. The zero-order chi connectivity index (χ0) is 17.0. The predicted molar refractivity (Wildman–Crippen MR) is 103 cm³/mol. The molecule has 0 saturated heterocycles. The van der Waals surface area contributed by atoms with Crippen molar-refractivity contribution < 1.29 is 4.79 Å². The lowest BCUT2D eigenvalue weighted by Crippen LogP contribution is -2.21. The second-order valence-electron chi connectivity index (χ2n) is 5.50. The molecule has 0 radical (unpaired) electrons. The van der Waals surface area contributed by atoms with Crippen molar-refractivity contribution in [1.29, 1.82) is 0 Å². The Balaban J connectivity index is 1.37. The highest BCUT2D eigenvalue weighted by atomic mass is 79.9. The zero-order valence-electron chi connectivity index (χ0n) is 12.6. The molecule has 124 valence electrons. The fraction of sp³-hybridized carbons (Fsp3) is 0.0625. The van der Waals surface area contributed by atoms with E-state index in [1.54, 1.807) is 11.3 Å². The largest absolute Gasteiger partial charge is 0.346 e. The molecular formula is C16H10BrN5OS2. The molecule has 5 heterocycles. The van der Waals surface area contributed by atoms with Crippen LogP contribution in [-0.4, -0.2) is 24.7 Å². The Bertz CT molecular complexity index is 1250. The van der Waals surface area contributed by atoms with Crippen LogP contribution in [0.4, 0.5) is 0 Å². The van der Waals surface area contributed by atoms with Gasteiger partial charge in [0.15, 0.2) is 4.96 Å². The van der Waals surface area contributed by atoms with E-state index in [9.17, 15) is 4.79 Å². The van der Waals surface area contributed by atoms with Crippen molar-refractivity contribution in [3.8, 4) is 0 Å². The molecule has 0 aliphatic carbocycles. The number of carbonyl (C=O) groups excluding carboxylic acids is 1. The molecule has 0 atom stereocenters. The molecule has 5 aromatic rings. The SMILES string of the molecule is O=C(NCc1cn2cc(Br)ccc2n1)c1cc2c(nc3sccn32)s1. The number of thiophene rings is 1. The van der Waals surface area contributed by atoms with Gasteiger partial charge >= 0.3 is 0 Å². The molecule has 0 aliphatic heterocycles. The molecule has 0 aliphatic rings. The van der Waals surface area contributed by atoms with E-state index < -0.39 is 0 Å². The van der Waals surface area contributed by atoms with E-state index in [2.05, 4.69) is 31.2 Å². The normalized spacial score (nSPS) is 11.7. The highest BCUT2D eigenvalue weighted by Gasteiger charge is 2.15. The van der Waals surface area contributed by atoms with Crippen LogP contribution in [0.15, 0.2) is 46.6 Å². The fourth-order valence-corrected chi connectivity index (χ4v) is 4.79. The van der Waals surface area contributed by atoms with Crippen LogP contribution in [0.25, 0.3) is 21.0 Å². The summed E-state index contributed by atoms with van der Waals surface area (Å²) < 4.78 is 4.92. The van der Waals surface area contributed by atoms with E-state index >= 15 is 0 Å². The van der Waals surface area contributed by atoms with Crippen LogP contribution in [0.1, 0.15) is 15.4 Å². The number of nitrogens with zero attached hydrogens (tertiary/aromatic N) is 4. The molecule has 5 aromatic heterocycles. The van der Waals surface area contributed by atoms with Crippen molar-refractivity contribution in [2.24, 2.45) is 0 Å². The number of aromatic nitrogens is 4. The molecule has 0 spiro atoms. The number of pyridine rings is 1. The third-order valence-corrected chi connectivity index (χ3v) is 6.10. The zero-order valence-corrected chi connectivity index (χ0v) is 15.9. The first-order valence-corrected chi connectivity index (χ1v) is 9.93. The number of fused-ring (bicyclic) bond motifs is 4. The van der Waals surface area contributed by atoms with Crippen LogP contribution >= 0.6 is 38.6 Å². The molecule has 0 bridgehead atoms. The molecule has 0 saturated carbocycles. The highest BCUT2D eigenvalue weighted by Crippen LogP contribution is 2.28. The average molecular weight is 432 g/mol. The number of hydrogen-bond donors (Lipinski definition) is 1. The van der Waals surface area contributed by atoms with Crippen LogP contribution in [0, 0.1) is 0 Å². The van der Waals surface area contributed by atoms with Crippen molar-refractivity contribution in [1.82, 2.24) is 24.1 Å². The molecule has 9 heteroatoms. The summed E-state index contributed by atoms with van der Waals surface area (Å²) in [6.07, 6.45) is 5.82. The van der Waals surface area contributed by atoms with Gasteiger partial charge in [-0.05, 0) is 34.1 Å². The highest BCUT2D eigenvalue weighted by molar-refractivity contribution is 9.10.